The Labute approximate surface area is 162 Å². The molecule has 3 saturated carbocycles. The van der Waals surface area contributed by atoms with Crippen molar-refractivity contribution in [2.24, 2.45) is 0 Å². The third-order valence-corrected chi connectivity index (χ3v) is 6.76. The smallest absolute Gasteiger partial charge is 0.245 e. The second-order valence-corrected chi connectivity index (χ2v) is 8.55. The molecule has 3 aliphatic rings. The minimum Gasteiger partial charge on any atom is -0.497 e. The SMILES string of the molecule is COc1ccc(NC2(C(=O)N[C@H]3CC[C@H]3NC3CCCC3)CCCC2)cc1. The molecule has 0 saturated heterocycles. The maximum absolute atomic E-state index is 13.3. The molecule has 3 aliphatic carbocycles. The Morgan fingerprint density at radius 2 is 1.63 bits per heavy atom. The molecule has 27 heavy (non-hydrogen) atoms. The summed E-state index contributed by atoms with van der Waals surface area (Å²) in [5.74, 6) is 1.01. The van der Waals surface area contributed by atoms with Crippen LogP contribution in [0.5, 0.6) is 5.75 Å². The lowest BCUT2D eigenvalue weighted by molar-refractivity contribution is -0.127. The van der Waals surface area contributed by atoms with Gasteiger partial charge in [0.15, 0.2) is 0 Å². The molecule has 3 fully saturated rings. The van der Waals surface area contributed by atoms with Crippen LogP contribution in [0.4, 0.5) is 5.69 Å². The summed E-state index contributed by atoms with van der Waals surface area (Å²) in [6, 6.07) is 9.28. The van der Waals surface area contributed by atoms with Crippen molar-refractivity contribution in [3.63, 3.8) is 0 Å². The molecule has 5 nitrogen and oxygen atoms in total. The van der Waals surface area contributed by atoms with Crippen molar-refractivity contribution in [1.29, 1.82) is 0 Å². The number of anilines is 1. The molecular weight excluding hydrogens is 338 g/mol. The van der Waals surface area contributed by atoms with Crippen molar-refractivity contribution < 1.29 is 9.53 Å². The molecule has 1 aromatic carbocycles. The van der Waals surface area contributed by atoms with E-state index >= 15 is 0 Å². The fourth-order valence-electron chi connectivity index (χ4n) is 4.91. The van der Waals surface area contributed by atoms with Crippen LogP contribution in [0.15, 0.2) is 24.3 Å². The molecule has 0 unspecified atom stereocenters. The summed E-state index contributed by atoms with van der Waals surface area (Å²) in [7, 11) is 1.67. The van der Waals surface area contributed by atoms with E-state index in [0.29, 0.717) is 12.1 Å². The first-order valence-corrected chi connectivity index (χ1v) is 10.7. The number of carbonyl (C=O) groups is 1. The Balaban J connectivity index is 1.38. The lowest BCUT2D eigenvalue weighted by Crippen LogP contribution is -2.62. The number of amides is 1. The van der Waals surface area contributed by atoms with E-state index in [4.69, 9.17) is 4.74 Å². The van der Waals surface area contributed by atoms with Crippen molar-refractivity contribution in [2.45, 2.75) is 87.9 Å². The molecule has 4 rings (SSSR count). The number of rotatable bonds is 7. The van der Waals surface area contributed by atoms with Crippen LogP contribution in [0.3, 0.4) is 0 Å². The van der Waals surface area contributed by atoms with E-state index in [1.165, 1.54) is 32.1 Å². The predicted molar refractivity (Wildman–Crippen MR) is 108 cm³/mol. The van der Waals surface area contributed by atoms with Gasteiger partial charge in [-0.2, -0.15) is 0 Å². The summed E-state index contributed by atoms with van der Waals surface area (Å²) < 4.78 is 5.24. The summed E-state index contributed by atoms with van der Waals surface area (Å²) in [4.78, 5) is 13.3. The van der Waals surface area contributed by atoms with Gasteiger partial charge in [-0.25, -0.2) is 0 Å². The molecule has 0 spiro atoms. The molecule has 148 valence electrons. The molecule has 1 aromatic rings. The van der Waals surface area contributed by atoms with Gasteiger partial charge >= 0.3 is 0 Å². The number of nitrogens with one attached hydrogen (secondary N) is 3. The van der Waals surface area contributed by atoms with Crippen LogP contribution in [-0.2, 0) is 4.79 Å². The van der Waals surface area contributed by atoms with E-state index in [-0.39, 0.29) is 11.9 Å². The summed E-state index contributed by atoms with van der Waals surface area (Å²) in [5, 5.41) is 10.7. The third-order valence-electron chi connectivity index (χ3n) is 6.76. The first-order valence-electron chi connectivity index (χ1n) is 10.7. The van der Waals surface area contributed by atoms with Crippen molar-refractivity contribution >= 4 is 11.6 Å². The highest BCUT2D eigenvalue weighted by molar-refractivity contribution is 5.90. The second-order valence-electron chi connectivity index (χ2n) is 8.55. The Morgan fingerprint density at radius 1 is 0.963 bits per heavy atom. The van der Waals surface area contributed by atoms with E-state index in [0.717, 1.165) is 43.5 Å². The quantitative estimate of drug-likeness (QED) is 0.685. The molecule has 1 amide bonds. The molecule has 0 bridgehead atoms. The molecule has 0 aromatic heterocycles. The number of carbonyl (C=O) groups excluding carboxylic acids is 1. The van der Waals surface area contributed by atoms with E-state index in [9.17, 15) is 4.79 Å². The molecular formula is C22H33N3O2. The lowest BCUT2D eigenvalue weighted by atomic mass is 9.84. The number of hydrogen-bond acceptors (Lipinski definition) is 4. The zero-order chi connectivity index (χ0) is 18.7. The van der Waals surface area contributed by atoms with Gasteiger partial charge in [-0.3, -0.25) is 4.79 Å². The van der Waals surface area contributed by atoms with Crippen molar-refractivity contribution in [2.75, 3.05) is 12.4 Å². The van der Waals surface area contributed by atoms with Crippen LogP contribution < -0.4 is 20.7 Å². The van der Waals surface area contributed by atoms with E-state index in [1.807, 2.05) is 24.3 Å². The van der Waals surface area contributed by atoms with Gasteiger partial charge in [0.2, 0.25) is 5.91 Å². The fraction of sp³-hybridized carbons (Fsp3) is 0.682. The lowest BCUT2D eigenvalue weighted by Gasteiger charge is -2.42. The van der Waals surface area contributed by atoms with Crippen LogP contribution in [-0.4, -0.2) is 36.7 Å². The van der Waals surface area contributed by atoms with Crippen LogP contribution in [0.2, 0.25) is 0 Å². The molecule has 5 heteroatoms. The third kappa shape index (κ3) is 4.08. The highest BCUT2D eigenvalue weighted by atomic mass is 16.5. The minimum absolute atomic E-state index is 0.179. The van der Waals surface area contributed by atoms with Crippen LogP contribution in [0.1, 0.15) is 64.2 Å². The van der Waals surface area contributed by atoms with Gasteiger partial charge in [-0.05, 0) is 62.8 Å². The summed E-state index contributed by atoms with van der Waals surface area (Å²) in [6.07, 6.45) is 11.6. The highest BCUT2D eigenvalue weighted by Gasteiger charge is 2.44. The van der Waals surface area contributed by atoms with Gasteiger partial charge in [-0.15, -0.1) is 0 Å². The Morgan fingerprint density at radius 3 is 2.22 bits per heavy atom. The molecule has 0 heterocycles. The highest BCUT2D eigenvalue weighted by Crippen LogP contribution is 2.35. The fourth-order valence-corrected chi connectivity index (χ4v) is 4.91. The van der Waals surface area contributed by atoms with Crippen LogP contribution in [0.25, 0.3) is 0 Å². The number of methoxy groups -OCH3 is 1. The zero-order valence-electron chi connectivity index (χ0n) is 16.4. The van der Waals surface area contributed by atoms with Gasteiger partial charge in [-0.1, -0.05) is 25.7 Å². The monoisotopic (exact) mass is 371 g/mol. The van der Waals surface area contributed by atoms with Crippen LogP contribution >= 0.6 is 0 Å². The topological polar surface area (TPSA) is 62.4 Å². The minimum atomic E-state index is -0.470. The first-order chi connectivity index (χ1) is 13.2. The maximum Gasteiger partial charge on any atom is 0.245 e. The van der Waals surface area contributed by atoms with Crippen molar-refractivity contribution in [1.82, 2.24) is 10.6 Å². The summed E-state index contributed by atoms with van der Waals surface area (Å²) in [5.41, 5.74) is 0.518. The van der Waals surface area contributed by atoms with Gasteiger partial charge in [0.05, 0.1) is 7.11 Å². The first kappa shape index (κ1) is 18.6. The van der Waals surface area contributed by atoms with Crippen LogP contribution in [0, 0.1) is 0 Å². The van der Waals surface area contributed by atoms with Gasteiger partial charge in [0.1, 0.15) is 11.3 Å². The van der Waals surface area contributed by atoms with Crippen molar-refractivity contribution in [3.8, 4) is 5.75 Å². The summed E-state index contributed by atoms with van der Waals surface area (Å²) in [6.45, 7) is 0. The summed E-state index contributed by atoms with van der Waals surface area (Å²) >= 11 is 0. The van der Waals surface area contributed by atoms with E-state index in [1.54, 1.807) is 7.11 Å². The largest absolute Gasteiger partial charge is 0.497 e. The second kappa shape index (κ2) is 8.09. The van der Waals surface area contributed by atoms with Crippen molar-refractivity contribution in [3.05, 3.63) is 24.3 Å². The number of benzene rings is 1. The average Bonchev–Trinajstić information content (AvgIpc) is 3.36. The Bertz CT molecular complexity index is 633. The predicted octanol–water partition coefficient (Wildman–Crippen LogP) is 3.60. The standard InChI is InChI=1S/C22H33N3O2/c1-27-18-10-8-17(9-11-18)25-22(14-4-5-15-22)21(26)24-20-13-12-19(20)23-16-6-2-3-7-16/h8-11,16,19-20,23,25H,2-7,12-15H2,1H3,(H,24,26)/t19-,20+/m1/s1. The molecule has 2 atom stereocenters. The van der Waals surface area contributed by atoms with E-state index < -0.39 is 5.54 Å². The molecule has 0 aliphatic heterocycles. The average molecular weight is 372 g/mol. The normalized spacial score (nSPS) is 27.1. The maximum atomic E-state index is 13.3. The molecule has 0 radical (unpaired) electrons. The molecule has 3 N–H and O–H groups in total. The Kier molecular flexibility index (Phi) is 5.58. The van der Waals surface area contributed by atoms with E-state index in [2.05, 4.69) is 16.0 Å². The number of hydrogen-bond donors (Lipinski definition) is 3. The Hall–Kier alpha value is -1.75. The zero-order valence-corrected chi connectivity index (χ0v) is 16.4. The van der Waals surface area contributed by atoms with Gasteiger partial charge < -0.3 is 20.7 Å². The number of ether oxygens (including phenoxy) is 1. The van der Waals surface area contributed by atoms with Gasteiger partial charge in [0.25, 0.3) is 0 Å². The van der Waals surface area contributed by atoms with Gasteiger partial charge in [0, 0.05) is 23.8 Å².